The average molecular weight is 404 g/mol. The molecule has 0 saturated heterocycles. The fraction of sp³-hybridized carbons (Fsp3) is 0.316. The number of aromatic amines is 1. The number of aromatic nitrogens is 2. The topological polar surface area (TPSA) is 74.8 Å². The minimum atomic E-state index is -0.388. The molecule has 140 valence electrons. The molecule has 5 nitrogen and oxygen atoms in total. The first-order valence-electron chi connectivity index (χ1n) is 8.68. The van der Waals surface area contributed by atoms with Gasteiger partial charge in [-0.2, -0.15) is 0 Å². The van der Waals surface area contributed by atoms with Crippen molar-refractivity contribution in [1.82, 2.24) is 9.97 Å². The monoisotopic (exact) mass is 403 g/mol. The Hall–Kier alpha value is -2.19. The van der Waals surface area contributed by atoms with Gasteiger partial charge in [0.25, 0.3) is 5.56 Å². The molecule has 0 spiro atoms. The fourth-order valence-electron chi connectivity index (χ4n) is 3.27. The second kappa shape index (κ2) is 7.44. The summed E-state index contributed by atoms with van der Waals surface area (Å²) in [6.45, 7) is 1.81. The zero-order valence-electron chi connectivity index (χ0n) is 14.7. The average Bonchev–Trinajstić information content (AvgIpc) is 3.18. The number of H-pyrrole nitrogens is 1. The van der Waals surface area contributed by atoms with Gasteiger partial charge in [0.2, 0.25) is 5.91 Å². The lowest BCUT2D eigenvalue weighted by atomic mass is 10.2. The maximum absolute atomic E-state index is 13.3. The van der Waals surface area contributed by atoms with E-state index in [2.05, 4.69) is 15.3 Å². The summed E-state index contributed by atoms with van der Waals surface area (Å²) in [5.41, 5.74) is 2.35. The number of rotatable bonds is 5. The maximum atomic E-state index is 13.3. The third-order valence-electron chi connectivity index (χ3n) is 4.57. The summed E-state index contributed by atoms with van der Waals surface area (Å²) < 4.78 is 13.3. The minimum absolute atomic E-state index is 0.0881. The zero-order chi connectivity index (χ0) is 19.0. The first-order chi connectivity index (χ1) is 13.0. The Bertz CT molecular complexity index is 1090. The summed E-state index contributed by atoms with van der Waals surface area (Å²) in [5, 5.41) is 3.45. The Morgan fingerprint density at radius 3 is 3.11 bits per heavy atom. The van der Waals surface area contributed by atoms with Crippen molar-refractivity contribution in [2.75, 3.05) is 11.1 Å². The van der Waals surface area contributed by atoms with E-state index >= 15 is 0 Å². The lowest BCUT2D eigenvalue weighted by Crippen LogP contribution is -2.16. The molecule has 1 amide bonds. The Kier molecular flexibility index (Phi) is 5.01. The molecule has 0 fully saturated rings. The Morgan fingerprint density at radius 1 is 1.41 bits per heavy atom. The molecule has 1 aromatic carbocycles. The summed E-state index contributed by atoms with van der Waals surface area (Å²) in [5.74, 6) is 0.600. The van der Waals surface area contributed by atoms with Crippen molar-refractivity contribution in [3.63, 3.8) is 0 Å². The van der Waals surface area contributed by atoms with Crippen molar-refractivity contribution < 1.29 is 9.18 Å². The van der Waals surface area contributed by atoms with Gasteiger partial charge in [-0.25, -0.2) is 9.37 Å². The van der Waals surface area contributed by atoms with Crippen molar-refractivity contribution in [3.8, 4) is 0 Å². The van der Waals surface area contributed by atoms with E-state index in [0.29, 0.717) is 17.3 Å². The molecule has 1 aliphatic carbocycles. The molecule has 0 aliphatic heterocycles. The minimum Gasteiger partial charge on any atom is -0.325 e. The highest BCUT2D eigenvalue weighted by molar-refractivity contribution is 7.99. The number of benzene rings is 1. The number of halogens is 1. The van der Waals surface area contributed by atoms with Gasteiger partial charge in [-0.05, 0) is 49.4 Å². The normalized spacial score (nSPS) is 13.1. The van der Waals surface area contributed by atoms with Crippen LogP contribution in [0.5, 0.6) is 0 Å². The number of aryl methyl sites for hydroxylation is 3. The molecular weight excluding hydrogens is 385 g/mol. The molecule has 3 aromatic rings. The molecule has 0 unspecified atom stereocenters. The second-order valence-electron chi connectivity index (χ2n) is 6.55. The maximum Gasteiger partial charge on any atom is 0.259 e. The van der Waals surface area contributed by atoms with Crippen LogP contribution in [0, 0.1) is 12.7 Å². The highest BCUT2D eigenvalue weighted by Gasteiger charge is 2.21. The quantitative estimate of drug-likeness (QED) is 0.680. The van der Waals surface area contributed by atoms with Crippen LogP contribution in [0.25, 0.3) is 10.2 Å². The summed E-state index contributed by atoms with van der Waals surface area (Å²) in [7, 11) is 0. The Balaban J connectivity index is 1.40. The highest BCUT2D eigenvalue weighted by Crippen LogP contribution is 2.34. The lowest BCUT2D eigenvalue weighted by Gasteiger charge is -2.08. The van der Waals surface area contributed by atoms with Gasteiger partial charge in [0.15, 0.2) is 0 Å². The predicted molar refractivity (Wildman–Crippen MR) is 108 cm³/mol. The summed E-state index contributed by atoms with van der Waals surface area (Å²) in [4.78, 5) is 34.0. The van der Waals surface area contributed by atoms with Crippen LogP contribution in [0.4, 0.5) is 10.1 Å². The van der Waals surface area contributed by atoms with Gasteiger partial charge in [-0.15, -0.1) is 23.1 Å². The number of carbonyl (C=O) groups excluding carboxylic acids is 1. The Morgan fingerprint density at radius 2 is 2.26 bits per heavy atom. The molecular formula is C19H18FN3O2S2. The van der Waals surface area contributed by atoms with Gasteiger partial charge in [0, 0.05) is 10.6 Å². The molecule has 0 radical (unpaired) electrons. The van der Waals surface area contributed by atoms with E-state index in [1.807, 2.05) is 6.92 Å². The van der Waals surface area contributed by atoms with Crippen molar-refractivity contribution in [2.24, 2.45) is 0 Å². The number of amides is 1. The van der Waals surface area contributed by atoms with Crippen molar-refractivity contribution in [1.29, 1.82) is 0 Å². The van der Waals surface area contributed by atoms with Crippen LogP contribution in [0.1, 0.15) is 28.2 Å². The fourth-order valence-corrected chi connectivity index (χ4v) is 5.24. The van der Waals surface area contributed by atoms with E-state index in [0.717, 1.165) is 40.6 Å². The highest BCUT2D eigenvalue weighted by atomic mass is 32.2. The molecule has 2 aromatic heterocycles. The standard InChI is InChI=1S/C19H18FN3O2S2/c1-10-5-6-11(20)7-13(10)21-16(24)9-26-8-15-22-18(25)17-12-3-2-4-14(12)27-19(17)23-15/h5-7H,2-4,8-9H2,1H3,(H,21,24)(H,22,23,25). The molecule has 2 heterocycles. The van der Waals surface area contributed by atoms with E-state index in [9.17, 15) is 14.0 Å². The van der Waals surface area contributed by atoms with Crippen LogP contribution in [0.3, 0.4) is 0 Å². The van der Waals surface area contributed by atoms with E-state index in [-0.39, 0.29) is 23.0 Å². The number of hydrogen-bond acceptors (Lipinski definition) is 5. The Labute approximate surface area is 163 Å². The van der Waals surface area contributed by atoms with Crippen molar-refractivity contribution in [3.05, 3.63) is 56.2 Å². The number of thiophene rings is 1. The van der Waals surface area contributed by atoms with Crippen LogP contribution in [0.2, 0.25) is 0 Å². The van der Waals surface area contributed by atoms with Crippen LogP contribution >= 0.6 is 23.1 Å². The number of thioether (sulfide) groups is 1. The van der Waals surface area contributed by atoms with Gasteiger partial charge >= 0.3 is 0 Å². The van der Waals surface area contributed by atoms with Crippen LogP contribution in [-0.4, -0.2) is 21.6 Å². The van der Waals surface area contributed by atoms with E-state index in [4.69, 9.17) is 0 Å². The van der Waals surface area contributed by atoms with Crippen LogP contribution in [0.15, 0.2) is 23.0 Å². The third-order valence-corrected chi connectivity index (χ3v) is 6.70. The number of nitrogens with zero attached hydrogens (tertiary/aromatic N) is 1. The van der Waals surface area contributed by atoms with E-state index in [1.54, 1.807) is 17.4 Å². The molecule has 0 bridgehead atoms. The summed E-state index contributed by atoms with van der Waals surface area (Å²) in [6, 6.07) is 4.29. The zero-order valence-corrected chi connectivity index (χ0v) is 16.4. The lowest BCUT2D eigenvalue weighted by molar-refractivity contribution is -0.113. The number of nitrogens with one attached hydrogen (secondary N) is 2. The summed E-state index contributed by atoms with van der Waals surface area (Å²) >= 11 is 2.96. The molecule has 4 rings (SSSR count). The molecule has 0 atom stereocenters. The number of hydrogen-bond donors (Lipinski definition) is 2. The van der Waals surface area contributed by atoms with E-state index in [1.165, 1.54) is 28.8 Å². The molecule has 2 N–H and O–H groups in total. The second-order valence-corrected chi connectivity index (χ2v) is 8.62. The third kappa shape index (κ3) is 3.77. The molecule has 1 aliphatic rings. The molecule has 27 heavy (non-hydrogen) atoms. The van der Waals surface area contributed by atoms with Gasteiger partial charge in [-0.1, -0.05) is 6.07 Å². The number of fused-ring (bicyclic) bond motifs is 3. The van der Waals surface area contributed by atoms with E-state index < -0.39 is 0 Å². The SMILES string of the molecule is Cc1ccc(F)cc1NC(=O)CSCc1nc2sc3c(c2c(=O)[nH]1)CCC3. The van der Waals surface area contributed by atoms with Gasteiger partial charge < -0.3 is 10.3 Å². The first-order valence-corrected chi connectivity index (χ1v) is 10.7. The van der Waals surface area contributed by atoms with Crippen molar-refractivity contribution in [2.45, 2.75) is 31.9 Å². The number of carbonyl (C=O) groups is 1. The van der Waals surface area contributed by atoms with Crippen molar-refractivity contribution >= 4 is 44.9 Å². The molecule has 8 heteroatoms. The first kappa shape index (κ1) is 18.2. The van der Waals surface area contributed by atoms with Gasteiger partial charge in [0.1, 0.15) is 16.5 Å². The smallest absolute Gasteiger partial charge is 0.259 e. The van der Waals surface area contributed by atoms with Gasteiger partial charge in [0.05, 0.1) is 16.9 Å². The van der Waals surface area contributed by atoms with Crippen LogP contribution in [-0.2, 0) is 23.4 Å². The van der Waals surface area contributed by atoms with Gasteiger partial charge in [-0.3, -0.25) is 9.59 Å². The van der Waals surface area contributed by atoms with Crippen LogP contribution < -0.4 is 10.9 Å². The predicted octanol–water partition coefficient (Wildman–Crippen LogP) is 3.79. The largest absolute Gasteiger partial charge is 0.325 e. The molecule has 0 saturated carbocycles. The summed E-state index contributed by atoms with van der Waals surface area (Å²) in [6.07, 6.45) is 3.08. The number of anilines is 1.